The molecule has 0 atom stereocenters. The monoisotopic (exact) mass is 313 g/mol. The van der Waals surface area contributed by atoms with Gasteiger partial charge in [-0.2, -0.15) is 0 Å². The lowest BCUT2D eigenvalue weighted by molar-refractivity contribution is -0.121. The van der Waals surface area contributed by atoms with Crippen molar-refractivity contribution in [3.8, 4) is 5.75 Å². The minimum Gasteiger partial charge on any atom is -0.497 e. The number of hydrogen-bond acceptors (Lipinski definition) is 3. The number of amides is 1. The van der Waals surface area contributed by atoms with Gasteiger partial charge in [-0.3, -0.25) is 9.59 Å². The van der Waals surface area contributed by atoms with Crippen molar-refractivity contribution in [2.75, 3.05) is 13.7 Å². The van der Waals surface area contributed by atoms with Crippen molar-refractivity contribution in [3.63, 3.8) is 0 Å². The van der Waals surface area contributed by atoms with Gasteiger partial charge >= 0.3 is 0 Å². The Hall–Kier alpha value is -2.36. The molecule has 0 bridgehead atoms. The molecule has 0 saturated heterocycles. The first-order valence-corrected chi connectivity index (χ1v) is 7.93. The van der Waals surface area contributed by atoms with Crippen LogP contribution in [0.4, 0.5) is 0 Å². The standard InChI is InChI=1S/C19H23NO3/c1-4-5-19(22)20-9-8-15-11-16(13(2)21)10-14-6-7-17(23-3)12-18(14)15/h6-7,10-12H,4-5,8-9H2,1-3H3,(H,20,22). The van der Waals surface area contributed by atoms with Crippen LogP contribution < -0.4 is 10.1 Å². The zero-order valence-corrected chi connectivity index (χ0v) is 13.9. The van der Waals surface area contributed by atoms with Crippen LogP contribution in [-0.4, -0.2) is 25.3 Å². The van der Waals surface area contributed by atoms with E-state index in [9.17, 15) is 9.59 Å². The number of ether oxygens (including phenoxy) is 1. The molecule has 0 unspecified atom stereocenters. The molecular formula is C19H23NO3. The zero-order valence-electron chi connectivity index (χ0n) is 13.9. The SMILES string of the molecule is CCCC(=O)NCCc1cc(C(C)=O)cc2ccc(OC)cc12. The minimum atomic E-state index is 0.0407. The van der Waals surface area contributed by atoms with Gasteiger partial charge in [-0.05, 0) is 60.4 Å². The molecule has 122 valence electrons. The van der Waals surface area contributed by atoms with Crippen LogP contribution in [0.15, 0.2) is 30.3 Å². The van der Waals surface area contributed by atoms with E-state index in [1.54, 1.807) is 14.0 Å². The first kappa shape index (κ1) is 17.0. The third kappa shape index (κ3) is 4.31. The summed E-state index contributed by atoms with van der Waals surface area (Å²) in [5, 5.41) is 4.98. The molecule has 0 fully saturated rings. The number of carbonyl (C=O) groups excluding carboxylic acids is 2. The fraction of sp³-hybridized carbons (Fsp3) is 0.368. The highest BCUT2D eigenvalue weighted by Crippen LogP contribution is 2.26. The van der Waals surface area contributed by atoms with E-state index in [2.05, 4.69) is 5.32 Å². The highest BCUT2D eigenvalue weighted by atomic mass is 16.5. The van der Waals surface area contributed by atoms with Crippen molar-refractivity contribution in [2.45, 2.75) is 33.1 Å². The lowest BCUT2D eigenvalue weighted by Gasteiger charge is -2.11. The van der Waals surface area contributed by atoms with Crippen LogP contribution in [0, 0.1) is 0 Å². The topological polar surface area (TPSA) is 55.4 Å². The van der Waals surface area contributed by atoms with Crippen LogP contribution in [0.3, 0.4) is 0 Å². The number of nitrogens with one attached hydrogen (secondary N) is 1. The van der Waals surface area contributed by atoms with E-state index >= 15 is 0 Å². The van der Waals surface area contributed by atoms with E-state index in [0.717, 1.165) is 28.5 Å². The van der Waals surface area contributed by atoms with Gasteiger partial charge in [0, 0.05) is 18.5 Å². The van der Waals surface area contributed by atoms with Gasteiger partial charge in [-0.15, -0.1) is 0 Å². The molecule has 4 heteroatoms. The van der Waals surface area contributed by atoms with Crippen molar-refractivity contribution in [1.29, 1.82) is 0 Å². The van der Waals surface area contributed by atoms with Gasteiger partial charge in [-0.1, -0.05) is 13.0 Å². The van der Waals surface area contributed by atoms with Crippen LogP contribution in [0.1, 0.15) is 42.6 Å². The van der Waals surface area contributed by atoms with Crippen LogP contribution in [0.2, 0.25) is 0 Å². The second kappa shape index (κ2) is 7.77. The quantitative estimate of drug-likeness (QED) is 0.796. The lowest BCUT2D eigenvalue weighted by Crippen LogP contribution is -2.25. The van der Waals surface area contributed by atoms with Crippen molar-refractivity contribution >= 4 is 22.5 Å². The maximum Gasteiger partial charge on any atom is 0.219 e. The van der Waals surface area contributed by atoms with E-state index < -0.39 is 0 Å². The first-order chi connectivity index (χ1) is 11.0. The number of hydrogen-bond donors (Lipinski definition) is 1. The van der Waals surface area contributed by atoms with Crippen LogP contribution in [0.5, 0.6) is 5.75 Å². The summed E-state index contributed by atoms with van der Waals surface area (Å²) in [4.78, 5) is 23.3. The Bertz CT molecular complexity index is 722. The first-order valence-electron chi connectivity index (χ1n) is 7.93. The van der Waals surface area contributed by atoms with Gasteiger partial charge in [0.2, 0.25) is 5.91 Å². The smallest absolute Gasteiger partial charge is 0.219 e. The van der Waals surface area contributed by atoms with Gasteiger partial charge in [0.25, 0.3) is 0 Å². The molecule has 0 aliphatic heterocycles. The van der Waals surface area contributed by atoms with Crippen molar-refractivity contribution in [2.24, 2.45) is 0 Å². The molecule has 2 aromatic carbocycles. The molecule has 0 spiro atoms. The predicted octanol–water partition coefficient (Wildman–Crippen LogP) is 3.51. The van der Waals surface area contributed by atoms with E-state index in [1.165, 1.54) is 0 Å². The highest BCUT2D eigenvalue weighted by molar-refractivity contribution is 6.00. The van der Waals surface area contributed by atoms with Crippen LogP contribution in [-0.2, 0) is 11.2 Å². The molecule has 2 rings (SSSR count). The van der Waals surface area contributed by atoms with Crippen LogP contribution in [0.25, 0.3) is 10.8 Å². The largest absolute Gasteiger partial charge is 0.497 e. The van der Waals surface area contributed by atoms with E-state index in [1.807, 2.05) is 37.3 Å². The maximum absolute atomic E-state index is 11.7. The molecule has 0 aromatic heterocycles. The third-order valence-corrected chi connectivity index (χ3v) is 3.85. The Morgan fingerprint density at radius 3 is 2.61 bits per heavy atom. The summed E-state index contributed by atoms with van der Waals surface area (Å²) < 4.78 is 5.29. The summed E-state index contributed by atoms with van der Waals surface area (Å²) in [5.74, 6) is 0.889. The molecule has 0 aliphatic carbocycles. The molecule has 0 saturated carbocycles. The zero-order chi connectivity index (χ0) is 16.8. The average molecular weight is 313 g/mol. The third-order valence-electron chi connectivity index (χ3n) is 3.85. The van der Waals surface area contributed by atoms with Gasteiger partial charge < -0.3 is 10.1 Å². The van der Waals surface area contributed by atoms with E-state index in [4.69, 9.17) is 4.74 Å². The number of fused-ring (bicyclic) bond motifs is 1. The number of methoxy groups -OCH3 is 1. The second-order valence-corrected chi connectivity index (χ2v) is 5.63. The van der Waals surface area contributed by atoms with Crippen molar-refractivity contribution in [3.05, 3.63) is 41.5 Å². The second-order valence-electron chi connectivity index (χ2n) is 5.63. The summed E-state index contributed by atoms with van der Waals surface area (Å²) in [7, 11) is 1.63. The molecule has 1 N–H and O–H groups in total. The summed E-state index contributed by atoms with van der Waals surface area (Å²) in [5.41, 5.74) is 1.74. The Balaban J connectivity index is 2.30. The Morgan fingerprint density at radius 1 is 1.17 bits per heavy atom. The summed E-state index contributed by atoms with van der Waals surface area (Å²) >= 11 is 0. The Labute approximate surface area is 136 Å². The maximum atomic E-state index is 11.7. The number of carbonyl (C=O) groups is 2. The van der Waals surface area contributed by atoms with Gasteiger partial charge in [-0.25, -0.2) is 0 Å². The van der Waals surface area contributed by atoms with Crippen LogP contribution >= 0.6 is 0 Å². The number of Topliss-reactive ketones (excluding diaryl/α,β-unsaturated/α-hetero) is 1. The predicted molar refractivity (Wildman–Crippen MR) is 92.1 cm³/mol. The fourth-order valence-electron chi connectivity index (χ4n) is 2.60. The normalized spacial score (nSPS) is 10.6. The van der Waals surface area contributed by atoms with Gasteiger partial charge in [0.1, 0.15) is 5.75 Å². The molecule has 4 nitrogen and oxygen atoms in total. The van der Waals surface area contributed by atoms with Gasteiger partial charge in [0.05, 0.1) is 7.11 Å². The summed E-state index contributed by atoms with van der Waals surface area (Å²) in [6.07, 6.45) is 2.06. The Kier molecular flexibility index (Phi) is 5.74. The van der Waals surface area contributed by atoms with E-state index in [0.29, 0.717) is 24.9 Å². The van der Waals surface area contributed by atoms with Crippen molar-refractivity contribution < 1.29 is 14.3 Å². The Morgan fingerprint density at radius 2 is 1.96 bits per heavy atom. The number of rotatable bonds is 7. The molecule has 2 aromatic rings. The molecule has 0 heterocycles. The van der Waals surface area contributed by atoms with E-state index in [-0.39, 0.29) is 11.7 Å². The lowest BCUT2D eigenvalue weighted by atomic mass is 9.97. The number of benzene rings is 2. The minimum absolute atomic E-state index is 0.0407. The van der Waals surface area contributed by atoms with Gasteiger partial charge in [0.15, 0.2) is 5.78 Å². The highest BCUT2D eigenvalue weighted by Gasteiger charge is 2.09. The molecule has 0 radical (unpaired) electrons. The summed E-state index contributed by atoms with van der Waals surface area (Å²) in [6, 6.07) is 9.63. The average Bonchev–Trinajstić information content (AvgIpc) is 2.54. The fourth-order valence-corrected chi connectivity index (χ4v) is 2.60. The number of ketones is 1. The molecule has 1 amide bonds. The molecule has 0 aliphatic rings. The summed E-state index contributed by atoms with van der Waals surface area (Å²) in [6.45, 7) is 4.11. The van der Waals surface area contributed by atoms with Crippen molar-refractivity contribution in [1.82, 2.24) is 5.32 Å². The molecular weight excluding hydrogens is 290 g/mol. The molecule has 23 heavy (non-hydrogen) atoms.